The van der Waals surface area contributed by atoms with Gasteiger partial charge in [0.05, 0.1) is 0 Å². The third-order valence-electron chi connectivity index (χ3n) is 3.12. The third kappa shape index (κ3) is 4.04. The van der Waals surface area contributed by atoms with Gasteiger partial charge in [-0.3, -0.25) is 0 Å². The summed E-state index contributed by atoms with van der Waals surface area (Å²) in [7, 11) is -9.10. The van der Waals surface area contributed by atoms with Crippen LogP contribution in [0.5, 0.6) is 0 Å². The van der Waals surface area contributed by atoms with Crippen LogP contribution in [0.3, 0.4) is 0 Å². The number of carbonyl (C=O) groups excluding carboxylic acids is 1. The molecule has 0 rings (SSSR count). The molecule has 19 heteroatoms. The summed E-state index contributed by atoms with van der Waals surface area (Å²) in [5.74, 6) is -18.1. The van der Waals surface area contributed by atoms with Crippen molar-refractivity contribution in [3.8, 4) is 0 Å². The summed E-state index contributed by atoms with van der Waals surface area (Å²) < 4.78 is 192. The van der Waals surface area contributed by atoms with Gasteiger partial charge in [-0.15, -0.1) is 4.31 Å². The first-order valence-electron chi connectivity index (χ1n) is 6.56. The smallest absolute Gasteiger partial charge is 0.392 e. The quantitative estimate of drug-likeness (QED) is 0.220. The maximum atomic E-state index is 13.7. The van der Waals surface area contributed by atoms with Crippen LogP contribution in [-0.4, -0.2) is 61.2 Å². The van der Waals surface area contributed by atoms with Crippen LogP contribution in [0.15, 0.2) is 12.2 Å². The number of rotatable bonds is 8. The van der Waals surface area contributed by atoms with Crippen molar-refractivity contribution in [3.05, 3.63) is 12.2 Å². The Bertz CT molecular complexity index is 802. The molecule has 0 radical (unpaired) electrons. The Hall–Kier alpha value is -1.79. The van der Waals surface area contributed by atoms with Crippen LogP contribution in [0, 0.1) is 0 Å². The molecule has 0 heterocycles. The summed E-state index contributed by atoms with van der Waals surface area (Å²) in [6.07, 6.45) is -13.9. The molecule has 0 aromatic rings. The molecule has 30 heavy (non-hydrogen) atoms. The summed E-state index contributed by atoms with van der Waals surface area (Å²) in [6, 6.07) is -6.68. The Balaban J connectivity index is 6.47. The third-order valence-corrected chi connectivity index (χ3v) is 4.97. The number of hydrogen-bond donors (Lipinski definition) is 0. The van der Waals surface area contributed by atoms with Gasteiger partial charge in [-0.25, -0.2) is 13.2 Å². The van der Waals surface area contributed by atoms with E-state index in [9.17, 15) is 70.3 Å². The summed E-state index contributed by atoms with van der Waals surface area (Å²) >= 11 is 0. The van der Waals surface area contributed by atoms with E-state index in [4.69, 9.17) is 0 Å². The minimum atomic E-state index is -8.11. The molecular weight excluding hydrogens is 489 g/mol. The zero-order valence-electron chi connectivity index (χ0n) is 14.1. The van der Waals surface area contributed by atoms with Gasteiger partial charge < -0.3 is 4.74 Å². The molecule has 0 bridgehead atoms. The van der Waals surface area contributed by atoms with Gasteiger partial charge in [0.25, 0.3) is 10.0 Å². The van der Waals surface area contributed by atoms with Crippen molar-refractivity contribution >= 4 is 16.0 Å². The SMILES string of the molecule is C=C(C)C(=O)OC(F)(F)C(F)(F)N(C)S(=O)(=O)C(F)(F)C(F)(F)C(F)(F)C(F)(F)F. The molecule has 0 saturated heterocycles. The molecule has 178 valence electrons. The number of halogens is 13. The maximum Gasteiger partial charge on any atom is 0.483 e. The second-order valence-electron chi connectivity index (χ2n) is 5.36. The second kappa shape index (κ2) is 7.41. The monoisotopic (exact) mass is 497 g/mol. The van der Waals surface area contributed by atoms with Crippen LogP contribution in [0.4, 0.5) is 57.1 Å². The van der Waals surface area contributed by atoms with Crippen LogP contribution < -0.4 is 0 Å². The van der Waals surface area contributed by atoms with E-state index in [1.807, 2.05) is 0 Å². The lowest BCUT2D eigenvalue weighted by Gasteiger charge is -2.37. The fourth-order valence-electron chi connectivity index (χ4n) is 1.29. The minimum Gasteiger partial charge on any atom is -0.392 e. The predicted molar refractivity (Wildman–Crippen MR) is 68.4 cm³/mol. The lowest BCUT2D eigenvalue weighted by atomic mass is 10.1. The average Bonchev–Trinajstić information content (AvgIpc) is 2.51. The molecule has 0 fully saturated rings. The van der Waals surface area contributed by atoms with Gasteiger partial charge in [0.2, 0.25) is 0 Å². The zero-order chi connectivity index (χ0) is 24.9. The average molecular weight is 497 g/mol. The topological polar surface area (TPSA) is 63.7 Å². The van der Waals surface area contributed by atoms with Gasteiger partial charge in [-0.05, 0) is 6.92 Å². The number of likely N-dealkylation sites (N-methyl/N-ethyl adjacent to an activating group) is 1. The highest BCUT2D eigenvalue weighted by Gasteiger charge is 2.87. The van der Waals surface area contributed by atoms with E-state index >= 15 is 0 Å². The first-order valence-corrected chi connectivity index (χ1v) is 8.00. The number of carbonyl (C=O) groups is 1. The van der Waals surface area contributed by atoms with Crippen molar-refractivity contribution in [1.29, 1.82) is 0 Å². The van der Waals surface area contributed by atoms with Gasteiger partial charge >= 0.3 is 41.4 Å². The van der Waals surface area contributed by atoms with Crippen molar-refractivity contribution in [2.75, 3.05) is 7.05 Å². The van der Waals surface area contributed by atoms with Gasteiger partial charge in [-0.2, -0.15) is 57.1 Å². The lowest BCUT2D eigenvalue weighted by molar-refractivity contribution is -0.384. The molecule has 0 unspecified atom stereocenters. The van der Waals surface area contributed by atoms with E-state index in [0.717, 1.165) is 0 Å². The van der Waals surface area contributed by atoms with E-state index in [1.165, 1.54) is 0 Å². The fourth-order valence-corrected chi connectivity index (χ4v) is 2.50. The summed E-state index contributed by atoms with van der Waals surface area (Å²) in [4.78, 5) is 10.9. The fraction of sp³-hybridized carbons (Fsp3) is 0.727. The van der Waals surface area contributed by atoms with Crippen molar-refractivity contribution in [2.45, 2.75) is 42.4 Å². The van der Waals surface area contributed by atoms with Gasteiger partial charge in [0, 0.05) is 12.6 Å². The van der Waals surface area contributed by atoms with Crippen molar-refractivity contribution in [2.24, 2.45) is 0 Å². The largest absolute Gasteiger partial charge is 0.483 e. The van der Waals surface area contributed by atoms with Crippen LogP contribution in [0.1, 0.15) is 6.92 Å². The number of nitrogens with zero attached hydrogens (tertiary/aromatic N) is 1. The summed E-state index contributed by atoms with van der Waals surface area (Å²) in [6.45, 7) is 3.23. The normalized spacial score (nSPS) is 15.3. The Kier molecular flexibility index (Phi) is 6.97. The molecule has 0 saturated carbocycles. The molecule has 5 nitrogen and oxygen atoms in total. The molecule has 0 aliphatic carbocycles. The molecule has 0 aliphatic heterocycles. The molecule has 0 spiro atoms. The highest BCUT2D eigenvalue weighted by atomic mass is 32.2. The molecule has 0 aromatic carbocycles. The molecule has 0 aliphatic rings. The lowest BCUT2D eigenvalue weighted by Crippen LogP contribution is -2.67. The van der Waals surface area contributed by atoms with Crippen molar-refractivity contribution in [1.82, 2.24) is 4.31 Å². The minimum absolute atomic E-state index is 0.588. The number of sulfonamides is 1. The van der Waals surface area contributed by atoms with Crippen molar-refractivity contribution in [3.63, 3.8) is 0 Å². The number of hydrogen-bond acceptors (Lipinski definition) is 4. The molecule has 0 N–H and O–H groups in total. The van der Waals surface area contributed by atoms with Gasteiger partial charge in [0.15, 0.2) is 0 Å². The first-order chi connectivity index (χ1) is 12.7. The first kappa shape index (κ1) is 28.2. The Labute approximate surface area is 158 Å². The van der Waals surface area contributed by atoms with Crippen LogP contribution in [-0.2, 0) is 19.6 Å². The van der Waals surface area contributed by atoms with Crippen LogP contribution >= 0.6 is 0 Å². The van der Waals surface area contributed by atoms with E-state index in [-0.39, 0.29) is 0 Å². The van der Waals surface area contributed by atoms with E-state index in [2.05, 4.69) is 11.3 Å². The predicted octanol–water partition coefficient (Wildman–Crippen LogP) is 3.98. The highest BCUT2D eigenvalue weighted by molar-refractivity contribution is 7.90. The second-order valence-corrected chi connectivity index (χ2v) is 7.37. The highest BCUT2D eigenvalue weighted by Crippen LogP contribution is 2.56. The zero-order valence-corrected chi connectivity index (χ0v) is 14.9. The number of alkyl halides is 13. The van der Waals surface area contributed by atoms with E-state index in [0.29, 0.717) is 6.92 Å². The van der Waals surface area contributed by atoms with Gasteiger partial charge in [0.1, 0.15) is 0 Å². The molecule has 0 aromatic heterocycles. The van der Waals surface area contributed by atoms with Crippen LogP contribution in [0.2, 0.25) is 0 Å². The molecule has 0 atom stereocenters. The Morgan fingerprint density at radius 1 is 0.833 bits per heavy atom. The van der Waals surface area contributed by atoms with E-state index < -0.39 is 68.3 Å². The standard InChI is InChI=1S/C11H8F13NO4S/c1-4(2)5(26)29-10(21,22)9(19,20)25(3)30(27,28)11(23,24)7(14,15)6(12,13)8(16,17)18/h1H2,2-3H3. The maximum absolute atomic E-state index is 13.7. The summed E-state index contributed by atoms with van der Waals surface area (Å²) in [5.41, 5.74) is -1.03. The van der Waals surface area contributed by atoms with E-state index in [1.54, 1.807) is 0 Å². The molecular formula is C11H8F13NO4S. The van der Waals surface area contributed by atoms with Crippen LogP contribution in [0.25, 0.3) is 0 Å². The Morgan fingerprint density at radius 2 is 1.20 bits per heavy atom. The molecule has 0 amide bonds. The van der Waals surface area contributed by atoms with Crippen molar-refractivity contribution < 1.29 is 75.0 Å². The number of esters is 1. The Morgan fingerprint density at radius 3 is 1.50 bits per heavy atom. The summed E-state index contributed by atoms with van der Waals surface area (Å²) in [5, 5.41) is -7.72. The number of ether oxygens (including phenoxy) is 1. The van der Waals surface area contributed by atoms with Gasteiger partial charge in [-0.1, -0.05) is 6.58 Å².